The summed E-state index contributed by atoms with van der Waals surface area (Å²) in [5.41, 5.74) is 1.18. The first-order valence-corrected chi connectivity index (χ1v) is 5.61. The maximum absolute atomic E-state index is 8.64. The summed E-state index contributed by atoms with van der Waals surface area (Å²) in [5, 5.41) is 12.8. The third-order valence-corrected chi connectivity index (χ3v) is 2.70. The third kappa shape index (κ3) is 2.62. The van der Waals surface area contributed by atoms with Crippen LogP contribution in [0.1, 0.15) is 12.7 Å². The van der Waals surface area contributed by atoms with E-state index in [1.54, 1.807) is 37.3 Å². The first kappa shape index (κ1) is 12.0. The Labute approximate surface area is 108 Å². The number of oxime groups is 1. The minimum Gasteiger partial charge on any atom is -0.455 e. The van der Waals surface area contributed by atoms with E-state index >= 15 is 0 Å². The molecule has 2 aromatic rings. The monoisotopic (exact) mass is 269 g/mol. The smallest absolute Gasteiger partial charge is 0.152 e. The Morgan fingerprint density at radius 3 is 2.41 bits per heavy atom. The van der Waals surface area contributed by atoms with Gasteiger partial charge < -0.3 is 9.62 Å². The Hall–Kier alpha value is -1.45. The molecule has 0 amide bonds. The van der Waals surface area contributed by atoms with Gasteiger partial charge in [-0.05, 0) is 37.3 Å². The number of benzene rings is 1. The lowest BCUT2D eigenvalue weighted by Crippen LogP contribution is -1.89. The van der Waals surface area contributed by atoms with Crippen LogP contribution >= 0.6 is 23.2 Å². The van der Waals surface area contributed by atoms with Crippen LogP contribution in [0, 0.1) is 0 Å². The van der Waals surface area contributed by atoms with Gasteiger partial charge in [0.15, 0.2) is 5.76 Å². The maximum Gasteiger partial charge on any atom is 0.152 e. The van der Waals surface area contributed by atoms with Crippen molar-refractivity contribution in [1.29, 1.82) is 0 Å². The van der Waals surface area contributed by atoms with Crippen molar-refractivity contribution in [2.24, 2.45) is 5.16 Å². The molecule has 0 unspecified atom stereocenters. The predicted molar refractivity (Wildman–Crippen MR) is 68.2 cm³/mol. The number of furan rings is 1. The lowest BCUT2D eigenvalue weighted by Gasteiger charge is -1.99. The minimum atomic E-state index is 0.407. The molecule has 0 saturated carbocycles. The fraction of sp³-hybridized carbons (Fsp3) is 0.0833. The average Bonchev–Trinajstić information content (AvgIpc) is 2.76. The molecule has 0 aliphatic heterocycles. The first-order valence-electron chi connectivity index (χ1n) is 4.85. The summed E-state index contributed by atoms with van der Waals surface area (Å²) < 4.78 is 5.52. The van der Waals surface area contributed by atoms with Crippen molar-refractivity contribution in [2.45, 2.75) is 6.92 Å². The predicted octanol–water partition coefficient (Wildman–Crippen LogP) is 4.45. The lowest BCUT2D eigenvalue weighted by molar-refractivity contribution is 0.317. The van der Waals surface area contributed by atoms with Crippen LogP contribution in [0.4, 0.5) is 0 Å². The minimum absolute atomic E-state index is 0.407. The molecule has 0 atom stereocenters. The number of nitrogens with zero attached hydrogens (tertiary/aromatic N) is 1. The van der Waals surface area contributed by atoms with E-state index < -0.39 is 0 Å². The molecule has 0 aliphatic carbocycles. The zero-order valence-electron chi connectivity index (χ0n) is 8.95. The van der Waals surface area contributed by atoms with E-state index in [-0.39, 0.29) is 0 Å². The Morgan fingerprint density at radius 1 is 1.18 bits per heavy atom. The molecule has 0 aliphatic rings. The quantitative estimate of drug-likeness (QED) is 0.497. The molecular formula is C12H9Cl2NO2. The second-order valence-corrected chi connectivity index (χ2v) is 4.38. The second kappa shape index (κ2) is 4.82. The van der Waals surface area contributed by atoms with Gasteiger partial charge in [-0.1, -0.05) is 28.4 Å². The van der Waals surface area contributed by atoms with Crippen molar-refractivity contribution in [3.05, 3.63) is 46.1 Å². The van der Waals surface area contributed by atoms with Crippen molar-refractivity contribution in [3.8, 4) is 11.3 Å². The van der Waals surface area contributed by atoms with E-state index in [9.17, 15) is 0 Å². The molecule has 0 bridgehead atoms. The number of rotatable bonds is 2. The highest BCUT2D eigenvalue weighted by Crippen LogP contribution is 2.28. The van der Waals surface area contributed by atoms with Crippen LogP contribution in [0.25, 0.3) is 11.3 Å². The van der Waals surface area contributed by atoms with Crippen molar-refractivity contribution in [3.63, 3.8) is 0 Å². The molecule has 5 heteroatoms. The molecule has 0 fully saturated rings. The summed E-state index contributed by atoms with van der Waals surface area (Å²) in [6.07, 6.45) is 0. The van der Waals surface area contributed by atoms with Crippen LogP contribution in [-0.2, 0) is 0 Å². The molecule has 1 heterocycles. The fourth-order valence-corrected chi connectivity index (χ4v) is 1.96. The van der Waals surface area contributed by atoms with Gasteiger partial charge in [-0.2, -0.15) is 0 Å². The van der Waals surface area contributed by atoms with E-state index in [0.717, 1.165) is 5.56 Å². The highest BCUT2D eigenvalue weighted by Gasteiger charge is 2.08. The lowest BCUT2D eigenvalue weighted by atomic mass is 10.2. The Balaban J connectivity index is 2.43. The van der Waals surface area contributed by atoms with Gasteiger partial charge in [-0.25, -0.2) is 0 Å². The Morgan fingerprint density at radius 2 is 1.82 bits per heavy atom. The number of hydrogen-bond acceptors (Lipinski definition) is 3. The van der Waals surface area contributed by atoms with Crippen LogP contribution in [0.5, 0.6) is 0 Å². The number of halogens is 2. The van der Waals surface area contributed by atoms with Crippen molar-refractivity contribution < 1.29 is 9.62 Å². The topological polar surface area (TPSA) is 45.7 Å². The van der Waals surface area contributed by atoms with Crippen molar-refractivity contribution in [2.75, 3.05) is 0 Å². The van der Waals surface area contributed by atoms with E-state index in [1.165, 1.54) is 0 Å². The molecule has 88 valence electrons. The van der Waals surface area contributed by atoms with Gasteiger partial charge in [0, 0.05) is 15.6 Å². The SMILES string of the molecule is C/C(=N\O)c1ccc(-c2cc(Cl)cc(Cl)c2)o1. The van der Waals surface area contributed by atoms with Crippen molar-refractivity contribution >= 4 is 28.9 Å². The van der Waals surface area contributed by atoms with Gasteiger partial charge in [-0.15, -0.1) is 0 Å². The molecule has 3 nitrogen and oxygen atoms in total. The van der Waals surface area contributed by atoms with Gasteiger partial charge in [0.1, 0.15) is 11.5 Å². The van der Waals surface area contributed by atoms with Crippen LogP contribution in [0.2, 0.25) is 10.0 Å². The largest absolute Gasteiger partial charge is 0.455 e. The molecule has 2 rings (SSSR count). The third-order valence-electron chi connectivity index (χ3n) is 2.26. The second-order valence-electron chi connectivity index (χ2n) is 3.51. The average molecular weight is 270 g/mol. The maximum atomic E-state index is 8.64. The summed E-state index contributed by atoms with van der Waals surface area (Å²) >= 11 is 11.8. The van der Waals surface area contributed by atoms with Crippen LogP contribution < -0.4 is 0 Å². The highest BCUT2D eigenvalue weighted by molar-refractivity contribution is 6.35. The van der Waals surface area contributed by atoms with E-state index in [1.807, 2.05) is 0 Å². The Kier molecular flexibility index (Phi) is 3.41. The van der Waals surface area contributed by atoms with Gasteiger partial charge in [-0.3, -0.25) is 0 Å². The summed E-state index contributed by atoms with van der Waals surface area (Å²) in [5.74, 6) is 1.12. The van der Waals surface area contributed by atoms with Gasteiger partial charge in [0.2, 0.25) is 0 Å². The summed E-state index contributed by atoms with van der Waals surface area (Å²) in [7, 11) is 0. The first-order chi connectivity index (χ1) is 8.10. The van der Waals surface area contributed by atoms with Gasteiger partial charge in [0.05, 0.1) is 0 Å². The summed E-state index contributed by atoms with van der Waals surface area (Å²) in [6.45, 7) is 1.65. The zero-order chi connectivity index (χ0) is 12.4. The molecule has 0 saturated heterocycles. The summed E-state index contributed by atoms with van der Waals surface area (Å²) in [4.78, 5) is 0. The molecule has 17 heavy (non-hydrogen) atoms. The molecule has 1 aromatic heterocycles. The van der Waals surface area contributed by atoms with E-state index in [2.05, 4.69) is 5.16 Å². The molecule has 0 radical (unpaired) electrons. The van der Waals surface area contributed by atoms with E-state index in [4.69, 9.17) is 32.8 Å². The van der Waals surface area contributed by atoms with E-state index in [0.29, 0.717) is 27.3 Å². The fourth-order valence-electron chi connectivity index (χ4n) is 1.43. The molecule has 1 aromatic carbocycles. The van der Waals surface area contributed by atoms with Gasteiger partial charge in [0.25, 0.3) is 0 Å². The van der Waals surface area contributed by atoms with Crippen LogP contribution in [0.3, 0.4) is 0 Å². The van der Waals surface area contributed by atoms with Crippen LogP contribution in [-0.4, -0.2) is 10.9 Å². The van der Waals surface area contributed by atoms with Gasteiger partial charge >= 0.3 is 0 Å². The van der Waals surface area contributed by atoms with Crippen molar-refractivity contribution in [1.82, 2.24) is 0 Å². The number of hydrogen-bond donors (Lipinski definition) is 1. The zero-order valence-corrected chi connectivity index (χ0v) is 10.5. The highest BCUT2D eigenvalue weighted by atomic mass is 35.5. The normalized spacial score (nSPS) is 11.8. The molecular weight excluding hydrogens is 261 g/mol. The molecule has 1 N–H and O–H groups in total. The standard InChI is InChI=1S/C12H9Cl2NO2/c1-7(15-16)11-2-3-12(17-11)8-4-9(13)6-10(14)5-8/h2-6,16H,1H3/b15-7+. The molecule has 0 spiro atoms. The Bertz CT molecular complexity index is 555. The summed E-state index contributed by atoms with van der Waals surface area (Å²) in [6, 6.07) is 8.64. The van der Waals surface area contributed by atoms with Crippen LogP contribution in [0.15, 0.2) is 39.9 Å².